The van der Waals surface area contributed by atoms with Crippen molar-refractivity contribution in [2.45, 2.75) is 13.5 Å². The van der Waals surface area contributed by atoms with E-state index in [9.17, 15) is 8.42 Å². The molecule has 1 aromatic rings. The normalized spacial score (nSPS) is 11.9. The number of nitrogens with two attached hydrogens (primary N) is 1. The van der Waals surface area contributed by atoms with Crippen molar-refractivity contribution in [3.8, 4) is 0 Å². The fourth-order valence-corrected chi connectivity index (χ4v) is 2.53. The molecule has 0 aromatic carbocycles. The minimum Gasteiger partial charge on any atom is -0.465 e. The zero-order chi connectivity index (χ0) is 12.3. The Hall–Kier alpha value is -0.920. The van der Waals surface area contributed by atoms with Crippen LogP contribution in [0.25, 0.3) is 0 Å². The van der Waals surface area contributed by atoms with Crippen LogP contribution in [0.2, 0.25) is 0 Å². The van der Waals surface area contributed by atoms with Crippen LogP contribution in [0, 0.1) is 6.92 Å². The number of nitrogens with zero attached hydrogens (tertiary/aromatic N) is 1. The molecule has 0 amide bonds. The Labute approximate surface area is 100 Å². The summed E-state index contributed by atoms with van der Waals surface area (Å²) in [6.07, 6.45) is 0. The highest BCUT2D eigenvalue weighted by Gasteiger charge is 2.20. The summed E-state index contributed by atoms with van der Waals surface area (Å²) in [5.41, 5.74) is 5.22. The Morgan fingerprint density at radius 3 is 2.62 bits per heavy atom. The van der Waals surface area contributed by atoms with Crippen LogP contribution >= 0.6 is 12.2 Å². The SMILES string of the molecule is Cc1ccc(CN(C)S(=O)(=O)CC(N)=S)o1. The van der Waals surface area contributed by atoms with E-state index in [-0.39, 0.29) is 17.3 Å². The number of sulfonamides is 1. The van der Waals surface area contributed by atoms with Crippen LogP contribution in [0.1, 0.15) is 11.5 Å². The maximum Gasteiger partial charge on any atom is 0.220 e. The maximum absolute atomic E-state index is 11.7. The second-order valence-corrected chi connectivity index (χ2v) is 6.09. The second kappa shape index (κ2) is 4.94. The van der Waals surface area contributed by atoms with E-state index in [0.717, 1.165) is 5.76 Å². The molecule has 0 aliphatic carbocycles. The molecular weight excluding hydrogens is 248 g/mol. The Balaban J connectivity index is 2.72. The molecule has 7 heteroatoms. The van der Waals surface area contributed by atoms with E-state index < -0.39 is 10.0 Å². The van der Waals surface area contributed by atoms with E-state index in [1.54, 1.807) is 19.1 Å². The molecule has 0 radical (unpaired) electrons. The van der Waals surface area contributed by atoms with Crippen molar-refractivity contribution in [2.24, 2.45) is 5.73 Å². The van der Waals surface area contributed by atoms with Crippen LogP contribution in [0.15, 0.2) is 16.5 Å². The van der Waals surface area contributed by atoms with Gasteiger partial charge in [0, 0.05) is 7.05 Å². The Morgan fingerprint density at radius 1 is 1.56 bits per heavy atom. The van der Waals surface area contributed by atoms with E-state index in [0.29, 0.717) is 5.76 Å². The number of hydrogen-bond donors (Lipinski definition) is 1. The van der Waals surface area contributed by atoms with Gasteiger partial charge in [-0.2, -0.15) is 4.31 Å². The summed E-state index contributed by atoms with van der Waals surface area (Å²) in [6.45, 7) is 1.98. The summed E-state index contributed by atoms with van der Waals surface area (Å²) in [7, 11) is -1.98. The number of aryl methyl sites for hydroxylation is 1. The molecule has 0 saturated carbocycles. The topological polar surface area (TPSA) is 76.5 Å². The lowest BCUT2D eigenvalue weighted by Gasteiger charge is -2.15. The number of thiocarbonyl (C=S) groups is 1. The first kappa shape index (κ1) is 13.1. The summed E-state index contributed by atoms with van der Waals surface area (Å²) in [6, 6.07) is 3.52. The molecule has 0 unspecified atom stereocenters. The molecule has 16 heavy (non-hydrogen) atoms. The van der Waals surface area contributed by atoms with Crippen LogP contribution in [-0.2, 0) is 16.6 Å². The van der Waals surface area contributed by atoms with Gasteiger partial charge in [-0.15, -0.1) is 0 Å². The van der Waals surface area contributed by atoms with Gasteiger partial charge in [-0.05, 0) is 19.1 Å². The quantitative estimate of drug-likeness (QED) is 0.788. The smallest absolute Gasteiger partial charge is 0.220 e. The largest absolute Gasteiger partial charge is 0.465 e. The molecule has 0 aliphatic heterocycles. The van der Waals surface area contributed by atoms with Gasteiger partial charge >= 0.3 is 0 Å². The van der Waals surface area contributed by atoms with Gasteiger partial charge in [0.25, 0.3) is 0 Å². The Morgan fingerprint density at radius 2 is 2.19 bits per heavy atom. The van der Waals surface area contributed by atoms with Gasteiger partial charge in [0.2, 0.25) is 10.0 Å². The first-order valence-electron chi connectivity index (χ1n) is 4.59. The van der Waals surface area contributed by atoms with Crippen molar-refractivity contribution in [1.82, 2.24) is 4.31 Å². The van der Waals surface area contributed by atoms with Crippen LogP contribution < -0.4 is 5.73 Å². The predicted molar refractivity (Wildman–Crippen MR) is 65.5 cm³/mol. The molecule has 90 valence electrons. The monoisotopic (exact) mass is 262 g/mol. The molecule has 0 saturated heterocycles. The van der Waals surface area contributed by atoms with Crippen molar-refractivity contribution < 1.29 is 12.8 Å². The molecule has 1 heterocycles. The van der Waals surface area contributed by atoms with Gasteiger partial charge in [-0.25, -0.2) is 8.42 Å². The van der Waals surface area contributed by atoms with Crippen molar-refractivity contribution in [3.05, 3.63) is 23.7 Å². The maximum atomic E-state index is 11.7. The molecule has 2 N–H and O–H groups in total. The van der Waals surface area contributed by atoms with Gasteiger partial charge in [0.15, 0.2) is 0 Å². The lowest BCUT2D eigenvalue weighted by molar-refractivity contribution is 0.399. The average molecular weight is 262 g/mol. The van der Waals surface area contributed by atoms with Crippen LogP contribution in [0.5, 0.6) is 0 Å². The van der Waals surface area contributed by atoms with Crippen molar-refractivity contribution in [2.75, 3.05) is 12.8 Å². The van der Waals surface area contributed by atoms with Crippen LogP contribution in [0.4, 0.5) is 0 Å². The lowest BCUT2D eigenvalue weighted by atomic mass is 10.4. The molecule has 0 fully saturated rings. The lowest BCUT2D eigenvalue weighted by Crippen LogP contribution is -2.33. The number of furan rings is 1. The third kappa shape index (κ3) is 3.58. The van der Waals surface area contributed by atoms with Gasteiger partial charge in [-0.1, -0.05) is 12.2 Å². The first-order chi connectivity index (χ1) is 7.31. The minimum absolute atomic E-state index is 0.0394. The Kier molecular flexibility index (Phi) is 4.06. The Bertz CT molecular complexity index is 479. The summed E-state index contributed by atoms with van der Waals surface area (Å²) < 4.78 is 29.8. The summed E-state index contributed by atoms with van der Waals surface area (Å²) in [5.74, 6) is 1.01. The molecule has 1 rings (SSSR count). The molecule has 0 atom stereocenters. The summed E-state index contributed by atoms with van der Waals surface area (Å²) in [4.78, 5) is -0.0394. The second-order valence-electron chi connectivity index (χ2n) is 3.49. The van der Waals surface area contributed by atoms with E-state index in [1.807, 2.05) is 0 Å². The van der Waals surface area contributed by atoms with Gasteiger partial charge in [0.1, 0.15) is 17.3 Å². The fourth-order valence-electron chi connectivity index (χ4n) is 1.18. The molecule has 5 nitrogen and oxygen atoms in total. The summed E-state index contributed by atoms with van der Waals surface area (Å²) in [5, 5.41) is 0. The standard InChI is InChI=1S/C9H14N2O3S2/c1-7-3-4-8(14-7)5-11(2)16(12,13)6-9(10)15/h3-4H,5-6H2,1-2H3,(H2,10,15). The highest BCUT2D eigenvalue weighted by molar-refractivity contribution is 7.92. The highest BCUT2D eigenvalue weighted by atomic mass is 32.2. The van der Waals surface area contributed by atoms with Crippen molar-refractivity contribution in [1.29, 1.82) is 0 Å². The van der Waals surface area contributed by atoms with E-state index in [2.05, 4.69) is 12.2 Å². The minimum atomic E-state index is -3.44. The fraction of sp³-hybridized carbons (Fsp3) is 0.444. The molecule has 0 bridgehead atoms. The van der Waals surface area contributed by atoms with E-state index in [4.69, 9.17) is 10.2 Å². The van der Waals surface area contributed by atoms with E-state index in [1.165, 1.54) is 11.4 Å². The predicted octanol–water partition coefficient (Wildman–Crippen LogP) is 0.636. The van der Waals surface area contributed by atoms with Crippen molar-refractivity contribution in [3.63, 3.8) is 0 Å². The van der Waals surface area contributed by atoms with Gasteiger partial charge < -0.3 is 10.2 Å². The van der Waals surface area contributed by atoms with E-state index >= 15 is 0 Å². The zero-order valence-corrected chi connectivity index (χ0v) is 10.8. The third-order valence-corrected chi connectivity index (χ3v) is 4.06. The van der Waals surface area contributed by atoms with Crippen LogP contribution in [0.3, 0.4) is 0 Å². The zero-order valence-electron chi connectivity index (χ0n) is 9.13. The first-order valence-corrected chi connectivity index (χ1v) is 6.60. The highest BCUT2D eigenvalue weighted by Crippen LogP contribution is 2.11. The molecular formula is C9H14N2O3S2. The van der Waals surface area contributed by atoms with Gasteiger partial charge in [0.05, 0.1) is 11.5 Å². The van der Waals surface area contributed by atoms with Crippen molar-refractivity contribution >= 4 is 27.2 Å². The van der Waals surface area contributed by atoms with Gasteiger partial charge in [-0.3, -0.25) is 0 Å². The number of hydrogen-bond acceptors (Lipinski definition) is 4. The molecule has 1 aromatic heterocycles. The molecule has 0 aliphatic rings. The average Bonchev–Trinajstić information content (AvgIpc) is 2.48. The number of rotatable bonds is 5. The van der Waals surface area contributed by atoms with Crippen LogP contribution in [-0.4, -0.2) is 30.5 Å². The third-order valence-electron chi connectivity index (χ3n) is 1.97. The molecule has 0 spiro atoms. The summed E-state index contributed by atoms with van der Waals surface area (Å²) >= 11 is 4.58.